The first-order valence-electron chi connectivity index (χ1n) is 5.99. The van der Waals surface area contributed by atoms with Crippen LogP contribution in [0.5, 0.6) is 5.75 Å². The zero-order valence-corrected chi connectivity index (χ0v) is 11.3. The van der Waals surface area contributed by atoms with Gasteiger partial charge in [0, 0.05) is 18.3 Å². The molecule has 0 atom stereocenters. The van der Waals surface area contributed by atoms with Crippen LogP contribution in [0.3, 0.4) is 0 Å². The standard InChI is InChI=1S/C12H16N4OS/c1-3-5-14-12-11(15-18-16-12)9-6-10(17-4-2)8-13-7-9/h6-8H,3-5H2,1-2H3,(H,14,16). The van der Waals surface area contributed by atoms with Crippen molar-refractivity contribution in [3.8, 4) is 17.0 Å². The van der Waals surface area contributed by atoms with Crippen molar-refractivity contribution in [3.05, 3.63) is 18.5 Å². The Kier molecular flexibility index (Phi) is 4.46. The first-order chi connectivity index (χ1) is 8.85. The monoisotopic (exact) mass is 264 g/mol. The van der Waals surface area contributed by atoms with Crippen LogP contribution in [0.25, 0.3) is 11.3 Å². The minimum atomic E-state index is 0.626. The average molecular weight is 264 g/mol. The highest BCUT2D eigenvalue weighted by atomic mass is 32.1. The summed E-state index contributed by atoms with van der Waals surface area (Å²) in [5.41, 5.74) is 1.76. The zero-order chi connectivity index (χ0) is 12.8. The molecule has 2 aromatic heterocycles. The molecule has 1 N–H and O–H groups in total. The van der Waals surface area contributed by atoms with Gasteiger partial charge in [-0.3, -0.25) is 4.98 Å². The minimum absolute atomic E-state index is 0.626. The van der Waals surface area contributed by atoms with Gasteiger partial charge >= 0.3 is 0 Å². The molecule has 18 heavy (non-hydrogen) atoms. The number of nitrogens with one attached hydrogen (secondary N) is 1. The Bertz CT molecular complexity index is 500. The highest BCUT2D eigenvalue weighted by molar-refractivity contribution is 6.99. The van der Waals surface area contributed by atoms with E-state index in [2.05, 4.69) is 26.0 Å². The van der Waals surface area contributed by atoms with E-state index in [1.807, 2.05) is 13.0 Å². The van der Waals surface area contributed by atoms with Crippen molar-refractivity contribution in [3.63, 3.8) is 0 Å². The van der Waals surface area contributed by atoms with Crippen LogP contribution in [0, 0.1) is 0 Å². The molecule has 0 unspecified atom stereocenters. The van der Waals surface area contributed by atoms with Crippen molar-refractivity contribution in [1.82, 2.24) is 13.7 Å². The minimum Gasteiger partial charge on any atom is -0.492 e. The van der Waals surface area contributed by atoms with E-state index >= 15 is 0 Å². The van der Waals surface area contributed by atoms with E-state index < -0.39 is 0 Å². The van der Waals surface area contributed by atoms with Gasteiger partial charge in [-0.1, -0.05) is 6.92 Å². The number of nitrogens with zero attached hydrogens (tertiary/aromatic N) is 3. The Balaban J connectivity index is 2.24. The maximum atomic E-state index is 5.44. The third-order valence-electron chi connectivity index (χ3n) is 2.33. The first kappa shape index (κ1) is 12.8. The third kappa shape index (κ3) is 2.95. The Morgan fingerprint density at radius 1 is 1.28 bits per heavy atom. The van der Waals surface area contributed by atoms with E-state index in [0.29, 0.717) is 6.61 Å². The van der Waals surface area contributed by atoms with E-state index in [1.165, 1.54) is 11.7 Å². The fourth-order valence-corrected chi connectivity index (χ4v) is 2.08. The maximum Gasteiger partial charge on any atom is 0.168 e. The molecule has 0 radical (unpaired) electrons. The van der Waals surface area contributed by atoms with E-state index in [-0.39, 0.29) is 0 Å². The molecule has 0 fully saturated rings. The number of hydrogen-bond acceptors (Lipinski definition) is 6. The van der Waals surface area contributed by atoms with Gasteiger partial charge in [-0.15, -0.1) is 0 Å². The lowest BCUT2D eigenvalue weighted by atomic mass is 10.2. The Morgan fingerprint density at radius 2 is 2.17 bits per heavy atom. The molecule has 0 aliphatic carbocycles. The average Bonchev–Trinajstić information content (AvgIpc) is 2.85. The van der Waals surface area contributed by atoms with Gasteiger partial charge in [-0.2, -0.15) is 8.75 Å². The molecule has 0 amide bonds. The second-order valence-corrected chi connectivity index (χ2v) is 4.26. The Morgan fingerprint density at radius 3 is 2.94 bits per heavy atom. The number of ether oxygens (including phenoxy) is 1. The number of aromatic nitrogens is 3. The lowest BCUT2D eigenvalue weighted by Gasteiger charge is -2.05. The molecule has 0 aliphatic rings. The largest absolute Gasteiger partial charge is 0.492 e. The van der Waals surface area contributed by atoms with Gasteiger partial charge in [0.25, 0.3) is 0 Å². The van der Waals surface area contributed by atoms with Crippen LogP contribution in [0.1, 0.15) is 20.3 Å². The van der Waals surface area contributed by atoms with Crippen molar-refractivity contribution in [1.29, 1.82) is 0 Å². The van der Waals surface area contributed by atoms with Crippen molar-refractivity contribution >= 4 is 17.5 Å². The summed E-state index contributed by atoms with van der Waals surface area (Å²) < 4.78 is 14.0. The number of hydrogen-bond donors (Lipinski definition) is 1. The van der Waals surface area contributed by atoms with Crippen LogP contribution in [0.15, 0.2) is 18.5 Å². The van der Waals surface area contributed by atoms with Crippen LogP contribution < -0.4 is 10.1 Å². The van der Waals surface area contributed by atoms with Crippen molar-refractivity contribution in [2.24, 2.45) is 0 Å². The molecule has 0 aromatic carbocycles. The van der Waals surface area contributed by atoms with Crippen LogP contribution in [0.2, 0.25) is 0 Å². The van der Waals surface area contributed by atoms with Crippen molar-refractivity contribution in [2.45, 2.75) is 20.3 Å². The molecule has 2 rings (SSSR count). The summed E-state index contributed by atoms with van der Waals surface area (Å²) in [7, 11) is 0. The second kappa shape index (κ2) is 6.30. The van der Waals surface area contributed by atoms with Gasteiger partial charge in [-0.05, 0) is 19.4 Å². The number of anilines is 1. The highest BCUT2D eigenvalue weighted by Gasteiger charge is 2.11. The molecule has 6 heteroatoms. The first-order valence-corrected chi connectivity index (χ1v) is 6.72. The molecule has 0 aliphatic heterocycles. The van der Waals surface area contributed by atoms with Crippen molar-refractivity contribution < 1.29 is 4.74 Å². The third-order valence-corrected chi connectivity index (χ3v) is 2.86. The molecular weight excluding hydrogens is 248 g/mol. The summed E-state index contributed by atoms with van der Waals surface area (Å²) in [6.45, 7) is 5.58. The van der Waals surface area contributed by atoms with Crippen LogP contribution >= 0.6 is 11.7 Å². The number of rotatable bonds is 6. The molecule has 0 saturated heterocycles. The molecule has 0 saturated carbocycles. The summed E-state index contributed by atoms with van der Waals surface area (Å²) in [6, 6.07) is 1.93. The van der Waals surface area contributed by atoms with Gasteiger partial charge in [-0.25, -0.2) is 0 Å². The van der Waals surface area contributed by atoms with Crippen molar-refractivity contribution in [2.75, 3.05) is 18.5 Å². The van der Waals surface area contributed by atoms with Crippen LogP contribution in [-0.2, 0) is 0 Å². The molecule has 2 aromatic rings. The van der Waals surface area contributed by atoms with Gasteiger partial charge < -0.3 is 10.1 Å². The smallest absolute Gasteiger partial charge is 0.168 e. The predicted molar refractivity (Wildman–Crippen MR) is 73.1 cm³/mol. The normalized spacial score (nSPS) is 10.3. The lowest BCUT2D eigenvalue weighted by molar-refractivity contribution is 0.339. The van der Waals surface area contributed by atoms with Crippen LogP contribution in [-0.4, -0.2) is 26.9 Å². The summed E-state index contributed by atoms with van der Waals surface area (Å²) in [6.07, 6.45) is 4.52. The van der Waals surface area contributed by atoms with Gasteiger partial charge in [0.2, 0.25) is 0 Å². The van der Waals surface area contributed by atoms with E-state index in [9.17, 15) is 0 Å². The Hall–Kier alpha value is -1.69. The number of pyridine rings is 1. The zero-order valence-electron chi connectivity index (χ0n) is 10.5. The highest BCUT2D eigenvalue weighted by Crippen LogP contribution is 2.27. The molecule has 5 nitrogen and oxygen atoms in total. The lowest BCUT2D eigenvalue weighted by Crippen LogP contribution is -2.01. The molecule has 2 heterocycles. The topological polar surface area (TPSA) is 59.9 Å². The molecular formula is C12H16N4OS. The fraction of sp³-hybridized carbons (Fsp3) is 0.417. The summed E-state index contributed by atoms with van der Waals surface area (Å²) in [5.74, 6) is 1.57. The second-order valence-electron chi connectivity index (χ2n) is 3.73. The van der Waals surface area contributed by atoms with Crippen LogP contribution in [0.4, 0.5) is 5.82 Å². The van der Waals surface area contributed by atoms with E-state index in [4.69, 9.17) is 4.74 Å². The van der Waals surface area contributed by atoms with Gasteiger partial charge in [0.15, 0.2) is 5.82 Å². The molecule has 0 bridgehead atoms. The maximum absolute atomic E-state index is 5.44. The van der Waals surface area contributed by atoms with Gasteiger partial charge in [0.1, 0.15) is 11.4 Å². The SMILES string of the molecule is CCCNc1nsnc1-c1cncc(OCC)c1. The summed E-state index contributed by atoms with van der Waals surface area (Å²) >= 11 is 1.20. The summed E-state index contributed by atoms with van der Waals surface area (Å²) in [4.78, 5) is 4.16. The Labute approximate surface area is 111 Å². The summed E-state index contributed by atoms with van der Waals surface area (Å²) in [5, 5.41) is 3.26. The fourth-order valence-electron chi connectivity index (χ4n) is 1.53. The van der Waals surface area contributed by atoms with E-state index in [0.717, 1.165) is 35.8 Å². The predicted octanol–water partition coefficient (Wildman–Crippen LogP) is 2.82. The quantitative estimate of drug-likeness (QED) is 0.869. The molecule has 96 valence electrons. The van der Waals surface area contributed by atoms with Gasteiger partial charge in [0.05, 0.1) is 24.5 Å². The van der Waals surface area contributed by atoms with E-state index in [1.54, 1.807) is 12.4 Å². The molecule has 0 spiro atoms.